The minimum atomic E-state index is -0.939. The Hall–Kier alpha value is -1.29. The van der Waals surface area contributed by atoms with Crippen molar-refractivity contribution in [1.82, 2.24) is 5.32 Å². The molecule has 0 aliphatic carbocycles. The van der Waals surface area contributed by atoms with Crippen LogP contribution in [0.2, 0.25) is 0 Å². The van der Waals surface area contributed by atoms with Crippen molar-refractivity contribution < 1.29 is 9.90 Å². The number of rotatable bonds is 4. The van der Waals surface area contributed by atoms with Crippen LogP contribution in [-0.2, 0) is 4.79 Å². The van der Waals surface area contributed by atoms with Gasteiger partial charge in [-0.05, 0) is 18.4 Å². The molecule has 0 bridgehead atoms. The number of nitrogens with one attached hydrogen (secondary N) is 1. The minimum absolute atomic E-state index is 0.163. The fourth-order valence-electron chi connectivity index (χ4n) is 0.884. The zero-order chi connectivity index (χ0) is 9.68. The summed E-state index contributed by atoms with van der Waals surface area (Å²) in [4.78, 5) is 11.3. The molecule has 1 heterocycles. The van der Waals surface area contributed by atoms with E-state index in [1.165, 1.54) is 11.1 Å². The molecule has 0 amide bonds. The maximum atomic E-state index is 10.1. The minimum Gasteiger partial charge on any atom is -0.478 e. The molecule has 13 heavy (non-hydrogen) atoms. The molecule has 2 N–H and O–H groups in total. The van der Waals surface area contributed by atoms with E-state index in [0.29, 0.717) is 0 Å². The van der Waals surface area contributed by atoms with Crippen molar-refractivity contribution >= 4 is 17.3 Å². The number of thiophene rings is 1. The third-order valence-electron chi connectivity index (χ3n) is 1.54. The van der Waals surface area contributed by atoms with Gasteiger partial charge in [0.05, 0.1) is 6.04 Å². The normalized spacial score (nSPS) is 13.0. The lowest BCUT2D eigenvalue weighted by atomic mass is 10.3. The molecule has 0 aliphatic heterocycles. The van der Waals surface area contributed by atoms with Gasteiger partial charge in [-0.3, -0.25) is 0 Å². The summed E-state index contributed by atoms with van der Waals surface area (Å²) in [5.41, 5.74) is 0. The largest absolute Gasteiger partial charge is 0.478 e. The van der Waals surface area contributed by atoms with Crippen LogP contribution >= 0.6 is 11.3 Å². The molecule has 1 unspecified atom stereocenters. The first-order valence-corrected chi connectivity index (χ1v) is 4.77. The van der Waals surface area contributed by atoms with E-state index in [9.17, 15) is 4.79 Å². The molecule has 4 heteroatoms. The molecule has 1 atom stereocenters. The topological polar surface area (TPSA) is 49.3 Å². The summed E-state index contributed by atoms with van der Waals surface area (Å²) >= 11 is 1.65. The van der Waals surface area contributed by atoms with Gasteiger partial charge in [-0.1, -0.05) is 6.07 Å². The summed E-state index contributed by atoms with van der Waals surface area (Å²) < 4.78 is 0. The van der Waals surface area contributed by atoms with Crippen LogP contribution in [0.3, 0.4) is 0 Å². The molecule has 0 aromatic carbocycles. The molecule has 0 radical (unpaired) electrons. The number of hydrogen-bond acceptors (Lipinski definition) is 3. The second kappa shape index (κ2) is 4.67. The van der Waals surface area contributed by atoms with Crippen LogP contribution in [0.15, 0.2) is 29.8 Å². The van der Waals surface area contributed by atoms with Crippen molar-refractivity contribution in [3.05, 3.63) is 34.7 Å². The van der Waals surface area contributed by atoms with Gasteiger partial charge in [-0.2, -0.15) is 0 Å². The van der Waals surface area contributed by atoms with Crippen LogP contribution in [0.1, 0.15) is 17.8 Å². The average Bonchev–Trinajstić information content (AvgIpc) is 2.55. The van der Waals surface area contributed by atoms with E-state index in [4.69, 9.17) is 5.11 Å². The van der Waals surface area contributed by atoms with Gasteiger partial charge in [-0.25, -0.2) is 4.79 Å². The van der Waals surface area contributed by atoms with Crippen molar-refractivity contribution in [2.75, 3.05) is 0 Å². The highest BCUT2D eigenvalue weighted by Crippen LogP contribution is 2.17. The lowest BCUT2D eigenvalue weighted by molar-refractivity contribution is -0.131. The van der Waals surface area contributed by atoms with Crippen LogP contribution in [0.5, 0.6) is 0 Å². The third kappa shape index (κ3) is 3.29. The lowest BCUT2D eigenvalue weighted by Gasteiger charge is -2.08. The summed E-state index contributed by atoms with van der Waals surface area (Å²) in [5, 5.41) is 13.3. The molecule has 3 nitrogen and oxygen atoms in total. The Morgan fingerprint density at radius 3 is 3.08 bits per heavy atom. The first-order chi connectivity index (χ1) is 6.20. The molecule has 1 aromatic heterocycles. The number of carbonyl (C=O) groups is 1. The van der Waals surface area contributed by atoms with Gasteiger partial charge in [0.15, 0.2) is 0 Å². The molecule has 0 fully saturated rings. The number of hydrogen-bond donors (Lipinski definition) is 2. The maximum absolute atomic E-state index is 10.1. The second-order valence-electron chi connectivity index (χ2n) is 2.58. The summed E-state index contributed by atoms with van der Waals surface area (Å²) in [5.74, 6) is -0.939. The monoisotopic (exact) mass is 197 g/mol. The molecule has 70 valence electrons. The van der Waals surface area contributed by atoms with Crippen LogP contribution < -0.4 is 5.32 Å². The van der Waals surface area contributed by atoms with E-state index >= 15 is 0 Å². The van der Waals surface area contributed by atoms with Gasteiger partial charge >= 0.3 is 5.97 Å². The highest BCUT2D eigenvalue weighted by molar-refractivity contribution is 7.10. The van der Waals surface area contributed by atoms with Gasteiger partial charge in [0.1, 0.15) is 0 Å². The number of aliphatic carboxylic acids is 1. The third-order valence-corrected chi connectivity index (χ3v) is 2.60. The molecular weight excluding hydrogens is 186 g/mol. The van der Waals surface area contributed by atoms with Crippen LogP contribution in [0.25, 0.3) is 0 Å². The molecule has 0 aliphatic rings. The Morgan fingerprint density at radius 1 is 1.77 bits per heavy atom. The highest BCUT2D eigenvalue weighted by atomic mass is 32.1. The highest BCUT2D eigenvalue weighted by Gasteiger charge is 2.02. The Bertz CT molecular complexity index is 293. The van der Waals surface area contributed by atoms with Crippen molar-refractivity contribution in [3.8, 4) is 0 Å². The van der Waals surface area contributed by atoms with E-state index < -0.39 is 5.97 Å². The second-order valence-corrected chi connectivity index (χ2v) is 3.55. The van der Waals surface area contributed by atoms with Crippen LogP contribution in [-0.4, -0.2) is 11.1 Å². The van der Waals surface area contributed by atoms with E-state index in [1.54, 1.807) is 11.3 Å². The summed E-state index contributed by atoms with van der Waals surface area (Å²) in [7, 11) is 0. The number of carboxylic acids is 1. The van der Waals surface area contributed by atoms with Crippen molar-refractivity contribution in [1.29, 1.82) is 0 Å². The fourth-order valence-corrected chi connectivity index (χ4v) is 1.63. The molecule has 0 saturated carbocycles. The van der Waals surface area contributed by atoms with Gasteiger partial charge < -0.3 is 10.4 Å². The maximum Gasteiger partial charge on any atom is 0.329 e. The zero-order valence-corrected chi connectivity index (χ0v) is 8.04. The average molecular weight is 197 g/mol. The Kier molecular flexibility index (Phi) is 3.52. The predicted octanol–water partition coefficient (Wildman–Crippen LogP) is 2.00. The van der Waals surface area contributed by atoms with Crippen LogP contribution in [0.4, 0.5) is 0 Å². The van der Waals surface area contributed by atoms with Crippen molar-refractivity contribution in [2.45, 2.75) is 13.0 Å². The quantitative estimate of drug-likeness (QED) is 0.726. The molecular formula is C9H11NO2S. The first kappa shape index (κ1) is 9.80. The fraction of sp³-hybridized carbons (Fsp3) is 0.222. The molecule has 1 aromatic rings. The summed E-state index contributed by atoms with van der Waals surface area (Å²) in [6.45, 7) is 1.98. The van der Waals surface area contributed by atoms with Gasteiger partial charge in [-0.15, -0.1) is 11.3 Å². The van der Waals surface area contributed by atoms with Crippen molar-refractivity contribution in [3.63, 3.8) is 0 Å². The van der Waals surface area contributed by atoms with Gasteiger partial charge in [0, 0.05) is 17.2 Å². The predicted molar refractivity (Wildman–Crippen MR) is 52.6 cm³/mol. The molecule has 0 saturated heterocycles. The van der Waals surface area contributed by atoms with E-state index in [0.717, 1.165) is 6.08 Å². The van der Waals surface area contributed by atoms with Crippen LogP contribution in [0, 0.1) is 0 Å². The summed E-state index contributed by atoms with van der Waals surface area (Å²) in [6.07, 6.45) is 2.54. The zero-order valence-electron chi connectivity index (χ0n) is 7.23. The van der Waals surface area contributed by atoms with E-state index in [1.807, 2.05) is 24.4 Å². The van der Waals surface area contributed by atoms with E-state index in [-0.39, 0.29) is 6.04 Å². The standard InChI is InChI=1S/C9H11NO2S/c1-7(8-3-2-6-13-8)10-5-4-9(11)12/h2-7,10H,1H3,(H,11,12)/b5-4+. The van der Waals surface area contributed by atoms with Gasteiger partial charge in [0.2, 0.25) is 0 Å². The van der Waals surface area contributed by atoms with Gasteiger partial charge in [0.25, 0.3) is 0 Å². The number of carboxylic acid groups (broad SMARTS) is 1. The smallest absolute Gasteiger partial charge is 0.329 e. The van der Waals surface area contributed by atoms with E-state index in [2.05, 4.69) is 5.32 Å². The Labute approximate surface area is 80.7 Å². The SMILES string of the molecule is CC(N/C=C/C(=O)O)c1cccs1. The Morgan fingerprint density at radius 2 is 2.54 bits per heavy atom. The lowest BCUT2D eigenvalue weighted by Crippen LogP contribution is -2.10. The Balaban J connectivity index is 2.43. The first-order valence-electron chi connectivity index (χ1n) is 3.89. The molecule has 0 spiro atoms. The molecule has 1 rings (SSSR count). The van der Waals surface area contributed by atoms with Crippen molar-refractivity contribution in [2.24, 2.45) is 0 Å². The summed E-state index contributed by atoms with van der Waals surface area (Å²) in [6, 6.07) is 4.14.